The molecule has 0 saturated carbocycles. The molecule has 0 spiro atoms. The SMILES string of the molecule is CCCCC/C=C/C/C=C/CCCCCCCCCCCC(=O)OC[C@H](CO[C@H]1O[C@H](CS(=O)(=O)O)[C@@H](O)C(O)C1O)OC(=O)CCCCCCC/C=C/CCCCC. The number of allylic oxidation sites excluding steroid dienone is 6. The van der Waals surface area contributed by atoms with Gasteiger partial charge < -0.3 is 34.3 Å². The second-order valence-corrected chi connectivity index (χ2v) is 17.6. The highest BCUT2D eigenvalue weighted by atomic mass is 32.2. The summed E-state index contributed by atoms with van der Waals surface area (Å²) in [5.41, 5.74) is 0. The molecule has 0 aromatic rings. The van der Waals surface area contributed by atoms with E-state index in [4.69, 9.17) is 18.9 Å². The van der Waals surface area contributed by atoms with Crippen LogP contribution in [0.2, 0.25) is 0 Å². The van der Waals surface area contributed by atoms with Crippen LogP contribution in [-0.4, -0.2) is 96.0 Å². The van der Waals surface area contributed by atoms with Crippen LogP contribution in [0.5, 0.6) is 0 Å². The van der Waals surface area contributed by atoms with Crippen molar-refractivity contribution in [2.24, 2.45) is 0 Å². The first-order valence-corrected chi connectivity index (χ1v) is 24.7. The fraction of sp³-hybridized carbons (Fsp3) is 0.826. The van der Waals surface area contributed by atoms with Crippen molar-refractivity contribution in [1.82, 2.24) is 0 Å². The van der Waals surface area contributed by atoms with Crippen LogP contribution in [0.25, 0.3) is 0 Å². The van der Waals surface area contributed by atoms with Crippen molar-refractivity contribution in [3.63, 3.8) is 0 Å². The minimum atomic E-state index is -4.60. The van der Waals surface area contributed by atoms with Gasteiger partial charge in [0.05, 0.1) is 6.61 Å². The number of carbonyl (C=O) groups is 2. The highest BCUT2D eigenvalue weighted by Gasteiger charge is 2.46. The molecular weight excluding hydrogens is 777 g/mol. The normalized spacial score (nSPS) is 20.5. The molecule has 59 heavy (non-hydrogen) atoms. The third kappa shape index (κ3) is 31.4. The summed E-state index contributed by atoms with van der Waals surface area (Å²) >= 11 is 0. The lowest BCUT2D eigenvalue weighted by atomic mass is 10.00. The predicted molar refractivity (Wildman–Crippen MR) is 233 cm³/mol. The Bertz CT molecular complexity index is 1240. The second-order valence-electron chi connectivity index (χ2n) is 16.1. The van der Waals surface area contributed by atoms with Crippen molar-refractivity contribution in [3.05, 3.63) is 36.5 Å². The summed E-state index contributed by atoms with van der Waals surface area (Å²) in [5, 5.41) is 30.9. The minimum absolute atomic E-state index is 0.153. The fourth-order valence-electron chi connectivity index (χ4n) is 6.82. The molecule has 0 amide bonds. The van der Waals surface area contributed by atoms with E-state index in [9.17, 15) is 37.9 Å². The molecule has 0 radical (unpaired) electrons. The lowest BCUT2D eigenvalue weighted by molar-refractivity contribution is -0.297. The van der Waals surface area contributed by atoms with Crippen molar-refractivity contribution < 1.29 is 56.8 Å². The van der Waals surface area contributed by atoms with E-state index in [1.54, 1.807) is 0 Å². The molecule has 2 unspecified atom stereocenters. The van der Waals surface area contributed by atoms with Gasteiger partial charge in [-0.2, -0.15) is 8.42 Å². The first-order chi connectivity index (χ1) is 28.5. The number of carbonyl (C=O) groups excluding carboxylic acids is 2. The first-order valence-electron chi connectivity index (χ1n) is 23.0. The van der Waals surface area contributed by atoms with E-state index in [2.05, 4.69) is 50.3 Å². The van der Waals surface area contributed by atoms with Gasteiger partial charge in [0.15, 0.2) is 12.4 Å². The Morgan fingerprint density at radius 2 is 1.02 bits per heavy atom. The monoisotopic (exact) mass is 859 g/mol. The molecular formula is C46H82O12S. The summed E-state index contributed by atoms with van der Waals surface area (Å²) in [6.45, 7) is 3.70. The lowest BCUT2D eigenvalue weighted by Gasteiger charge is -2.40. The van der Waals surface area contributed by atoms with Crippen LogP contribution in [0.1, 0.15) is 187 Å². The van der Waals surface area contributed by atoms with E-state index >= 15 is 0 Å². The smallest absolute Gasteiger partial charge is 0.306 e. The van der Waals surface area contributed by atoms with Gasteiger partial charge in [-0.15, -0.1) is 0 Å². The van der Waals surface area contributed by atoms with Crippen LogP contribution < -0.4 is 0 Å². The van der Waals surface area contributed by atoms with Crippen molar-refractivity contribution in [1.29, 1.82) is 0 Å². The maximum atomic E-state index is 12.8. The Balaban J connectivity index is 2.41. The zero-order valence-corrected chi connectivity index (χ0v) is 37.4. The van der Waals surface area contributed by atoms with Crippen LogP contribution in [0.4, 0.5) is 0 Å². The molecule has 12 nitrogen and oxygen atoms in total. The van der Waals surface area contributed by atoms with Gasteiger partial charge in [0.1, 0.15) is 36.8 Å². The molecule has 1 rings (SSSR count). The van der Waals surface area contributed by atoms with E-state index in [0.717, 1.165) is 70.6 Å². The molecule has 0 aliphatic carbocycles. The number of esters is 2. The molecule has 0 aromatic carbocycles. The van der Waals surface area contributed by atoms with Crippen molar-refractivity contribution in [3.8, 4) is 0 Å². The maximum absolute atomic E-state index is 12.8. The zero-order valence-electron chi connectivity index (χ0n) is 36.6. The number of hydrogen-bond donors (Lipinski definition) is 4. The molecule has 344 valence electrons. The van der Waals surface area contributed by atoms with Gasteiger partial charge in [-0.3, -0.25) is 14.1 Å². The predicted octanol–water partition coefficient (Wildman–Crippen LogP) is 9.39. The van der Waals surface area contributed by atoms with Crippen LogP contribution in [0.15, 0.2) is 36.5 Å². The van der Waals surface area contributed by atoms with Crippen LogP contribution >= 0.6 is 0 Å². The summed E-state index contributed by atoms with van der Waals surface area (Å²) in [6, 6.07) is 0. The standard InChI is InChI=1S/C46H82O12S/c1-3-5-7-9-11-13-15-17-18-19-20-21-22-23-25-26-28-30-32-34-41(47)55-36-39(37-56-46-45(51)44(50)43(49)40(58-46)38-59(52,53)54)57-42(48)35-33-31-29-27-24-16-14-12-10-8-6-4-2/h11-14,17-18,39-40,43-46,49-51H,3-10,15-16,19-38H2,1-2H3,(H,52,53,54)/b13-11+,14-12+,18-17+/t39-,40-,43-,44?,45?,46+/m1/s1. The molecule has 1 fully saturated rings. The van der Waals surface area contributed by atoms with Crippen molar-refractivity contribution in [2.75, 3.05) is 19.0 Å². The average molecular weight is 859 g/mol. The van der Waals surface area contributed by atoms with Gasteiger partial charge in [-0.25, -0.2) is 0 Å². The molecule has 1 heterocycles. The van der Waals surface area contributed by atoms with Crippen LogP contribution in [0, 0.1) is 0 Å². The van der Waals surface area contributed by atoms with Crippen LogP contribution in [-0.2, 0) is 38.7 Å². The van der Waals surface area contributed by atoms with Gasteiger partial charge in [0.25, 0.3) is 10.1 Å². The Kier molecular flexibility index (Phi) is 34.0. The summed E-state index contributed by atoms with van der Waals surface area (Å²) in [5.74, 6) is -2.00. The Morgan fingerprint density at radius 1 is 0.576 bits per heavy atom. The van der Waals surface area contributed by atoms with E-state index in [0.29, 0.717) is 12.8 Å². The molecule has 1 aliphatic heterocycles. The van der Waals surface area contributed by atoms with Crippen LogP contribution in [0.3, 0.4) is 0 Å². The van der Waals surface area contributed by atoms with E-state index in [-0.39, 0.29) is 19.4 Å². The lowest BCUT2D eigenvalue weighted by Crippen LogP contribution is -2.60. The first kappa shape index (κ1) is 54.9. The summed E-state index contributed by atoms with van der Waals surface area (Å²) < 4.78 is 54.0. The molecule has 1 saturated heterocycles. The number of unbranched alkanes of at least 4 members (excludes halogenated alkanes) is 20. The number of ether oxygens (including phenoxy) is 4. The van der Waals surface area contributed by atoms with Gasteiger partial charge in [-0.1, -0.05) is 140 Å². The topological polar surface area (TPSA) is 186 Å². The number of aliphatic hydroxyl groups is 3. The highest BCUT2D eigenvalue weighted by molar-refractivity contribution is 7.85. The number of hydrogen-bond acceptors (Lipinski definition) is 11. The zero-order chi connectivity index (χ0) is 43.4. The Morgan fingerprint density at radius 3 is 1.51 bits per heavy atom. The van der Waals surface area contributed by atoms with Gasteiger partial charge in [-0.05, 0) is 70.6 Å². The summed E-state index contributed by atoms with van der Waals surface area (Å²) in [6.07, 6.45) is 31.9. The molecule has 6 atom stereocenters. The summed E-state index contributed by atoms with van der Waals surface area (Å²) in [4.78, 5) is 25.4. The third-order valence-electron chi connectivity index (χ3n) is 10.4. The third-order valence-corrected chi connectivity index (χ3v) is 11.2. The highest BCUT2D eigenvalue weighted by Crippen LogP contribution is 2.24. The second kappa shape index (κ2) is 36.5. The molecule has 4 N–H and O–H groups in total. The average Bonchev–Trinajstić information content (AvgIpc) is 3.20. The largest absolute Gasteiger partial charge is 0.462 e. The maximum Gasteiger partial charge on any atom is 0.306 e. The quantitative estimate of drug-likeness (QED) is 0.0200. The summed E-state index contributed by atoms with van der Waals surface area (Å²) in [7, 11) is -4.60. The van der Waals surface area contributed by atoms with Crippen molar-refractivity contribution >= 4 is 22.1 Å². The molecule has 1 aliphatic rings. The van der Waals surface area contributed by atoms with E-state index in [1.807, 2.05) is 0 Å². The fourth-order valence-corrected chi connectivity index (χ4v) is 7.51. The Labute approximate surface area is 357 Å². The van der Waals surface area contributed by atoms with Gasteiger partial charge in [0.2, 0.25) is 0 Å². The van der Waals surface area contributed by atoms with E-state index < -0.39 is 71.2 Å². The number of rotatable bonds is 38. The molecule has 0 aromatic heterocycles. The minimum Gasteiger partial charge on any atom is -0.462 e. The van der Waals surface area contributed by atoms with Gasteiger partial charge in [0, 0.05) is 12.8 Å². The molecule has 13 heteroatoms. The molecule has 0 bridgehead atoms. The Hall–Kier alpha value is -2.13. The van der Waals surface area contributed by atoms with E-state index in [1.165, 1.54) is 77.0 Å². The van der Waals surface area contributed by atoms with Crippen molar-refractivity contribution in [2.45, 2.75) is 224 Å². The number of aliphatic hydroxyl groups excluding tert-OH is 3. The van der Waals surface area contributed by atoms with Gasteiger partial charge >= 0.3 is 11.9 Å².